The number of hydrogen-bond acceptors (Lipinski definition) is 4. The van der Waals surface area contributed by atoms with Gasteiger partial charge in [0.1, 0.15) is 6.61 Å². The van der Waals surface area contributed by atoms with Crippen LogP contribution in [-0.4, -0.2) is 72.9 Å². The van der Waals surface area contributed by atoms with Crippen molar-refractivity contribution in [3.8, 4) is 0 Å². The Bertz CT molecular complexity index is 264. The molecule has 5 heteroatoms. The molecule has 2 aliphatic heterocycles. The molecule has 0 spiro atoms. The Hall–Kier alpha value is -0.650. The molecule has 2 aliphatic rings. The van der Waals surface area contributed by atoms with Crippen LogP contribution in [0.15, 0.2) is 0 Å². The van der Waals surface area contributed by atoms with Crippen LogP contribution < -0.4 is 0 Å². The van der Waals surface area contributed by atoms with E-state index < -0.39 is 5.97 Å². The van der Waals surface area contributed by atoms with Crippen molar-refractivity contribution in [3.05, 3.63) is 0 Å². The Morgan fingerprint density at radius 1 is 1.29 bits per heavy atom. The van der Waals surface area contributed by atoms with Crippen molar-refractivity contribution in [3.63, 3.8) is 0 Å². The van der Waals surface area contributed by atoms with Crippen LogP contribution in [0.4, 0.5) is 0 Å². The van der Waals surface area contributed by atoms with Crippen LogP contribution in [0.1, 0.15) is 19.3 Å². The van der Waals surface area contributed by atoms with Gasteiger partial charge in [-0.2, -0.15) is 0 Å². The van der Waals surface area contributed by atoms with Gasteiger partial charge < -0.3 is 14.7 Å². The minimum atomic E-state index is -0.872. The van der Waals surface area contributed by atoms with E-state index in [4.69, 9.17) is 9.84 Å². The number of ether oxygens (including phenoxy) is 1. The second kappa shape index (κ2) is 5.80. The molecule has 0 amide bonds. The Balaban J connectivity index is 1.72. The van der Waals surface area contributed by atoms with Gasteiger partial charge in [-0.25, -0.2) is 4.79 Å². The van der Waals surface area contributed by atoms with Crippen LogP contribution in [0.2, 0.25) is 0 Å². The highest BCUT2D eigenvalue weighted by Crippen LogP contribution is 2.22. The molecule has 5 nitrogen and oxygen atoms in total. The molecule has 2 saturated heterocycles. The molecule has 1 N–H and O–H groups in total. The third-order valence-corrected chi connectivity index (χ3v) is 3.82. The quantitative estimate of drug-likeness (QED) is 0.766. The summed E-state index contributed by atoms with van der Waals surface area (Å²) < 4.78 is 5.35. The van der Waals surface area contributed by atoms with Crippen LogP contribution in [0.5, 0.6) is 0 Å². The smallest absolute Gasteiger partial charge is 0.329 e. The Morgan fingerprint density at radius 3 is 2.65 bits per heavy atom. The maximum atomic E-state index is 10.4. The van der Waals surface area contributed by atoms with Gasteiger partial charge in [0, 0.05) is 19.1 Å². The van der Waals surface area contributed by atoms with Gasteiger partial charge in [0.15, 0.2) is 0 Å². The molecule has 1 unspecified atom stereocenters. The van der Waals surface area contributed by atoms with Crippen LogP contribution in [0.25, 0.3) is 0 Å². The summed E-state index contributed by atoms with van der Waals surface area (Å²) in [6, 6.07) is 0.671. The van der Waals surface area contributed by atoms with E-state index in [1.807, 2.05) is 0 Å². The minimum Gasteiger partial charge on any atom is -0.480 e. The fraction of sp³-hybridized carbons (Fsp3) is 0.917. The molecule has 2 rings (SSSR count). The Morgan fingerprint density at radius 2 is 2.00 bits per heavy atom. The summed E-state index contributed by atoms with van der Waals surface area (Å²) in [5.74, 6) is -0.872. The van der Waals surface area contributed by atoms with Gasteiger partial charge in [0.05, 0.1) is 6.10 Å². The Labute approximate surface area is 102 Å². The number of carboxylic acids is 1. The molecular formula is C12H22N2O3. The number of carboxylic acid groups (broad SMARTS) is 1. The van der Waals surface area contributed by atoms with Crippen molar-refractivity contribution >= 4 is 5.97 Å². The third kappa shape index (κ3) is 3.66. The summed E-state index contributed by atoms with van der Waals surface area (Å²) >= 11 is 0. The maximum Gasteiger partial charge on any atom is 0.329 e. The second-order valence-electron chi connectivity index (χ2n) is 5.14. The van der Waals surface area contributed by atoms with Crippen LogP contribution >= 0.6 is 0 Å². The van der Waals surface area contributed by atoms with Crippen molar-refractivity contribution in [2.24, 2.45) is 0 Å². The number of aliphatic carboxylic acids is 1. The third-order valence-electron chi connectivity index (χ3n) is 3.82. The van der Waals surface area contributed by atoms with E-state index in [1.165, 1.54) is 25.9 Å². The molecule has 0 saturated carbocycles. The van der Waals surface area contributed by atoms with Crippen LogP contribution in [0.3, 0.4) is 0 Å². The molecule has 1 atom stereocenters. The highest BCUT2D eigenvalue weighted by molar-refractivity contribution is 5.68. The maximum absolute atomic E-state index is 10.4. The molecule has 0 aromatic rings. The minimum absolute atomic E-state index is 0.116. The summed E-state index contributed by atoms with van der Waals surface area (Å²) in [6.45, 7) is 4.13. The molecule has 0 radical (unpaired) electrons. The SMILES string of the molecule is CN1CCC(N2CCC(OCC(=O)O)C2)CC1. The summed E-state index contributed by atoms with van der Waals surface area (Å²) in [6.07, 6.45) is 3.54. The first-order valence-electron chi connectivity index (χ1n) is 6.41. The van der Waals surface area contributed by atoms with Crippen molar-refractivity contribution in [2.45, 2.75) is 31.4 Å². The summed E-state index contributed by atoms with van der Waals surface area (Å²) in [4.78, 5) is 15.3. The molecule has 2 fully saturated rings. The van der Waals surface area contributed by atoms with Gasteiger partial charge in [-0.15, -0.1) is 0 Å². The van der Waals surface area contributed by atoms with Crippen LogP contribution in [0, 0.1) is 0 Å². The lowest BCUT2D eigenvalue weighted by atomic mass is 10.0. The van der Waals surface area contributed by atoms with E-state index in [-0.39, 0.29) is 12.7 Å². The second-order valence-corrected chi connectivity index (χ2v) is 5.14. The van der Waals surface area contributed by atoms with E-state index in [9.17, 15) is 4.79 Å². The standard InChI is InChI=1S/C12H22N2O3/c1-13-5-2-10(3-6-13)14-7-4-11(8-14)17-9-12(15)16/h10-11H,2-9H2,1H3,(H,15,16). The fourth-order valence-electron chi connectivity index (χ4n) is 2.77. The largest absolute Gasteiger partial charge is 0.480 e. The zero-order chi connectivity index (χ0) is 12.3. The number of likely N-dealkylation sites (tertiary alicyclic amines) is 2. The van der Waals surface area contributed by atoms with Gasteiger partial charge in [-0.3, -0.25) is 4.90 Å². The lowest BCUT2D eigenvalue weighted by Gasteiger charge is -2.35. The lowest BCUT2D eigenvalue weighted by Crippen LogP contribution is -2.43. The summed E-state index contributed by atoms with van der Waals surface area (Å²) in [5.41, 5.74) is 0. The van der Waals surface area contributed by atoms with Gasteiger partial charge in [0.2, 0.25) is 0 Å². The molecule has 0 aromatic heterocycles. The molecule has 98 valence electrons. The fourth-order valence-corrected chi connectivity index (χ4v) is 2.77. The predicted octanol–water partition coefficient (Wildman–Crippen LogP) is 0.256. The van der Waals surface area contributed by atoms with E-state index in [2.05, 4.69) is 16.8 Å². The first-order valence-corrected chi connectivity index (χ1v) is 6.41. The summed E-state index contributed by atoms with van der Waals surface area (Å²) in [5, 5.41) is 8.57. The molecule has 17 heavy (non-hydrogen) atoms. The molecule has 2 heterocycles. The number of nitrogens with zero attached hydrogens (tertiary/aromatic N) is 2. The van der Waals surface area contributed by atoms with Crippen molar-refractivity contribution in [1.29, 1.82) is 0 Å². The highest BCUT2D eigenvalue weighted by atomic mass is 16.5. The normalized spacial score (nSPS) is 28.6. The number of rotatable bonds is 4. The van der Waals surface area contributed by atoms with E-state index >= 15 is 0 Å². The van der Waals surface area contributed by atoms with Gasteiger partial charge in [0.25, 0.3) is 0 Å². The van der Waals surface area contributed by atoms with Gasteiger partial charge in [-0.05, 0) is 39.4 Å². The zero-order valence-corrected chi connectivity index (χ0v) is 10.5. The molecule has 0 bridgehead atoms. The number of carbonyl (C=O) groups is 1. The first-order chi connectivity index (χ1) is 8.15. The first kappa shape index (κ1) is 12.8. The average Bonchev–Trinajstić information content (AvgIpc) is 2.76. The molecule has 0 aliphatic carbocycles. The van der Waals surface area contributed by atoms with E-state index in [1.54, 1.807) is 0 Å². The topological polar surface area (TPSA) is 53.0 Å². The van der Waals surface area contributed by atoms with E-state index in [0.717, 1.165) is 19.5 Å². The molecular weight excluding hydrogens is 220 g/mol. The molecule has 0 aromatic carbocycles. The van der Waals surface area contributed by atoms with Crippen molar-refractivity contribution in [1.82, 2.24) is 9.80 Å². The van der Waals surface area contributed by atoms with E-state index in [0.29, 0.717) is 6.04 Å². The van der Waals surface area contributed by atoms with Gasteiger partial charge in [-0.1, -0.05) is 0 Å². The number of hydrogen-bond donors (Lipinski definition) is 1. The number of piperidine rings is 1. The Kier molecular flexibility index (Phi) is 4.36. The monoisotopic (exact) mass is 242 g/mol. The average molecular weight is 242 g/mol. The zero-order valence-electron chi connectivity index (χ0n) is 10.5. The van der Waals surface area contributed by atoms with Crippen molar-refractivity contribution < 1.29 is 14.6 Å². The van der Waals surface area contributed by atoms with Crippen molar-refractivity contribution in [2.75, 3.05) is 39.8 Å². The predicted molar refractivity (Wildman–Crippen MR) is 64.1 cm³/mol. The lowest BCUT2D eigenvalue weighted by molar-refractivity contribution is -0.144. The van der Waals surface area contributed by atoms with Crippen LogP contribution in [-0.2, 0) is 9.53 Å². The highest BCUT2D eigenvalue weighted by Gasteiger charge is 2.30. The van der Waals surface area contributed by atoms with Gasteiger partial charge >= 0.3 is 5.97 Å². The summed E-state index contributed by atoms with van der Waals surface area (Å²) in [7, 11) is 2.17.